The summed E-state index contributed by atoms with van der Waals surface area (Å²) in [5.41, 5.74) is 2.36. The van der Waals surface area contributed by atoms with Crippen molar-refractivity contribution >= 4 is 11.9 Å². The zero-order valence-corrected chi connectivity index (χ0v) is 15.1. The minimum atomic E-state index is -0.958. The number of aromatic carboxylic acids is 1. The first kappa shape index (κ1) is 19.1. The molecule has 1 unspecified atom stereocenters. The van der Waals surface area contributed by atoms with Crippen molar-refractivity contribution in [1.29, 1.82) is 0 Å². The third-order valence-electron chi connectivity index (χ3n) is 4.58. The molecule has 0 aromatic heterocycles. The van der Waals surface area contributed by atoms with Crippen molar-refractivity contribution in [3.8, 4) is 0 Å². The van der Waals surface area contributed by atoms with Gasteiger partial charge in [-0.1, -0.05) is 42.5 Å². The summed E-state index contributed by atoms with van der Waals surface area (Å²) >= 11 is 0. The van der Waals surface area contributed by atoms with E-state index in [1.807, 2.05) is 18.2 Å². The molecule has 0 radical (unpaired) electrons. The topological polar surface area (TPSA) is 78.9 Å². The average Bonchev–Trinajstić information content (AvgIpc) is 2.68. The smallest absolute Gasteiger partial charge is 0.335 e. The van der Waals surface area contributed by atoms with E-state index >= 15 is 0 Å². The fourth-order valence-corrected chi connectivity index (χ4v) is 3.13. The van der Waals surface area contributed by atoms with Crippen LogP contribution in [0.1, 0.15) is 27.9 Å². The quantitative estimate of drug-likeness (QED) is 0.784. The van der Waals surface area contributed by atoms with E-state index in [-0.39, 0.29) is 17.6 Å². The van der Waals surface area contributed by atoms with Crippen molar-refractivity contribution < 1.29 is 19.4 Å². The molecule has 0 saturated carbocycles. The molecule has 1 saturated heterocycles. The van der Waals surface area contributed by atoms with Gasteiger partial charge in [0.15, 0.2) is 0 Å². The molecule has 0 aliphatic carbocycles. The van der Waals surface area contributed by atoms with E-state index in [0.29, 0.717) is 19.6 Å². The second kappa shape index (κ2) is 9.30. The largest absolute Gasteiger partial charge is 0.478 e. The molecule has 1 aliphatic rings. The van der Waals surface area contributed by atoms with Gasteiger partial charge >= 0.3 is 5.97 Å². The lowest BCUT2D eigenvalue weighted by atomic mass is 10.1. The van der Waals surface area contributed by atoms with Gasteiger partial charge in [-0.3, -0.25) is 9.69 Å². The van der Waals surface area contributed by atoms with Crippen molar-refractivity contribution in [3.05, 3.63) is 71.3 Å². The van der Waals surface area contributed by atoms with E-state index in [4.69, 9.17) is 9.84 Å². The fraction of sp³-hybridized carbons (Fsp3) is 0.333. The Labute approximate surface area is 158 Å². The number of rotatable bonds is 7. The first-order valence-corrected chi connectivity index (χ1v) is 9.07. The Hall–Kier alpha value is -2.70. The number of carbonyl (C=O) groups is 2. The Morgan fingerprint density at radius 3 is 2.52 bits per heavy atom. The van der Waals surface area contributed by atoms with Crippen LogP contribution in [0.2, 0.25) is 0 Å². The molecule has 1 atom stereocenters. The lowest BCUT2D eigenvalue weighted by Crippen LogP contribution is -2.44. The summed E-state index contributed by atoms with van der Waals surface area (Å²) in [7, 11) is 0. The van der Waals surface area contributed by atoms with Crippen LogP contribution in [-0.2, 0) is 22.6 Å². The summed E-state index contributed by atoms with van der Waals surface area (Å²) in [6.07, 6.45) is 0.204. The molecule has 1 amide bonds. The third-order valence-corrected chi connectivity index (χ3v) is 4.58. The van der Waals surface area contributed by atoms with Crippen LogP contribution in [0.3, 0.4) is 0 Å². The summed E-state index contributed by atoms with van der Waals surface area (Å²) in [5, 5.41) is 11.8. The minimum Gasteiger partial charge on any atom is -0.478 e. The maximum absolute atomic E-state index is 12.2. The normalized spacial score (nSPS) is 17.4. The highest BCUT2D eigenvalue weighted by atomic mass is 16.5. The number of nitrogens with zero attached hydrogens (tertiary/aromatic N) is 1. The molecule has 6 nitrogen and oxygen atoms in total. The van der Waals surface area contributed by atoms with E-state index in [1.54, 1.807) is 12.1 Å². The van der Waals surface area contributed by atoms with E-state index in [2.05, 4.69) is 22.3 Å². The molecule has 3 rings (SSSR count). The fourth-order valence-electron chi connectivity index (χ4n) is 3.13. The predicted molar refractivity (Wildman–Crippen MR) is 101 cm³/mol. The monoisotopic (exact) mass is 368 g/mol. The first-order valence-electron chi connectivity index (χ1n) is 9.07. The molecule has 2 aromatic carbocycles. The molecule has 0 spiro atoms. The van der Waals surface area contributed by atoms with E-state index < -0.39 is 5.97 Å². The van der Waals surface area contributed by atoms with Crippen LogP contribution in [0.15, 0.2) is 54.6 Å². The van der Waals surface area contributed by atoms with Crippen molar-refractivity contribution in [2.24, 2.45) is 0 Å². The number of benzene rings is 2. The number of amides is 1. The van der Waals surface area contributed by atoms with Crippen molar-refractivity contribution in [2.45, 2.75) is 25.6 Å². The molecule has 2 N–H and O–H groups in total. The van der Waals surface area contributed by atoms with Crippen molar-refractivity contribution in [1.82, 2.24) is 10.2 Å². The molecule has 2 aromatic rings. The molecule has 1 aliphatic heterocycles. The molecule has 6 heteroatoms. The highest BCUT2D eigenvalue weighted by molar-refractivity contribution is 5.87. The summed E-state index contributed by atoms with van der Waals surface area (Å²) in [4.78, 5) is 25.4. The first-order chi connectivity index (χ1) is 13.1. The molecule has 1 heterocycles. The van der Waals surface area contributed by atoms with Crippen LogP contribution >= 0.6 is 0 Å². The van der Waals surface area contributed by atoms with Crippen LogP contribution in [-0.4, -0.2) is 47.7 Å². The Morgan fingerprint density at radius 1 is 1.07 bits per heavy atom. The van der Waals surface area contributed by atoms with Gasteiger partial charge in [0, 0.05) is 26.2 Å². The number of carboxylic acids is 1. The third kappa shape index (κ3) is 5.91. The number of carbonyl (C=O) groups excluding carboxylic acids is 1. The molecule has 27 heavy (non-hydrogen) atoms. The van der Waals surface area contributed by atoms with Crippen LogP contribution in [0.4, 0.5) is 0 Å². The van der Waals surface area contributed by atoms with Gasteiger partial charge in [0.25, 0.3) is 0 Å². The van der Waals surface area contributed by atoms with Gasteiger partial charge in [-0.2, -0.15) is 0 Å². The van der Waals surface area contributed by atoms with Crippen LogP contribution < -0.4 is 5.32 Å². The summed E-state index contributed by atoms with van der Waals surface area (Å²) < 4.78 is 5.74. The number of ether oxygens (including phenoxy) is 1. The highest BCUT2D eigenvalue weighted by Gasteiger charge is 2.22. The molecule has 0 bridgehead atoms. The van der Waals surface area contributed by atoms with E-state index in [0.717, 1.165) is 25.2 Å². The second-order valence-corrected chi connectivity index (χ2v) is 6.70. The summed E-state index contributed by atoms with van der Waals surface area (Å²) in [5.74, 6) is -1.02. The Bertz CT molecular complexity index is 762. The SMILES string of the molecule is O=C(CC1CN(Cc2ccccc2)CCO1)NCc1ccc(C(=O)O)cc1. The number of carboxylic acid groups (broad SMARTS) is 1. The molecule has 1 fully saturated rings. The number of hydrogen-bond donors (Lipinski definition) is 2. The number of morpholine rings is 1. The zero-order chi connectivity index (χ0) is 19.1. The molecular weight excluding hydrogens is 344 g/mol. The van der Waals surface area contributed by atoms with Gasteiger partial charge in [-0.05, 0) is 23.3 Å². The highest BCUT2D eigenvalue weighted by Crippen LogP contribution is 2.13. The summed E-state index contributed by atoms with van der Waals surface area (Å²) in [6, 6.07) is 16.8. The van der Waals surface area contributed by atoms with Gasteiger partial charge in [-0.15, -0.1) is 0 Å². The maximum Gasteiger partial charge on any atom is 0.335 e. The zero-order valence-electron chi connectivity index (χ0n) is 15.1. The van der Waals surface area contributed by atoms with Crippen LogP contribution in [0.5, 0.6) is 0 Å². The molecule has 142 valence electrons. The number of hydrogen-bond acceptors (Lipinski definition) is 4. The Balaban J connectivity index is 1.43. The van der Waals surface area contributed by atoms with Crippen LogP contribution in [0.25, 0.3) is 0 Å². The van der Waals surface area contributed by atoms with E-state index in [1.165, 1.54) is 17.7 Å². The second-order valence-electron chi connectivity index (χ2n) is 6.70. The average molecular weight is 368 g/mol. The lowest BCUT2D eigenvalue weighted by molar-refractivity contribution is -0.126. The Morgan fingerprint density at radius 2 is 1.81 bits per heavy atom. The Kier molecular flexibility index (Phi) is 6.57. The van der Waals surface area contributed by atoms with Gasteiger partial charge < -0.3 is 15.2 Å². The van der Waals surface area contributed by atoms with Crippen LogP contribution in [0, 0.1) is 0 Å². The minimum absolute atomic E-state index is 0.0659. The number of nitrogens with one attached hydrogen (secondary N) is 1. The van der Waals surface area contributed by atoms with Gasteiger partial charge in [0.1, 0.15) is 0 Å². The molecular formula is C21H24N2O4. The van der Waals surface area contributed by atoms with Crippen molar-refractivity contribution in [2.75, 3.05) is 19.7 Å². The summed E-state index contributed by atoms with van der Waals surface area (Å²) in [6.45, 7) is 3.46. The van der Waals surface area contributed by atoms with Crippen molar-refractivity contribution in [3.63, 3.8) is 0 Å². The predicted octanol–water partition coefficient (Wildman–Crippen LogP) is 2.29. The van der Waals surface area contributed by atoms with Gasteiger partial charge in [-0.25, -0.2) is 4.79 Å². The standard InChI is InChI=1S/C21H24N2O4/c24-20(22-13-16-6-8-18(9-7-16)21(25)26)12-19-15-23(10-11-27-19)14-17-4-2-1-3-5-17/h1-9,19H,10-15H2,(H,22,24)(H,25,26). The van der Waals surface area contributed by atoms with E-state index in [9.17, 15) is 9.59 Å². The maximum atomic E-state index is 12.2. The van der Waals surface area contributed by atoms with Gasteiger partial charge in [0.05, 0.1) is 24.7 Å². The van der Waals surface area contributed by atoms with Gasteiger partial charge in [0.2, 0.25) is 5.91 Å². The lowest BCUT2D eigenvalue weighted by Gasteiger charge is -2.32.